The summed E-state index contributed by atoms with van der Waals surface area (Å²) in [5.41, 5.74) is 2.11. The van der Waals surface area contributed by atoms with Crippen LogP contribution in [0, 0.1) is 0 Å². The van der Waals surface area contributed by atoms with Crippen molar-refractivity contribution in [3.05, 3.63) is 42.6 Å². The van der Waals surface area contributed by atoms with E-state index in [0.717, 1.165) is 17.0 Å². The molecule has 21 heavy (non-hydrogen) atoms. The number of aromatic nitrogens is 2. The Morgan fingerprint density at radius 1 is 1.43 bits per heavy atom. The lowest BCUT2D eigenvalue weighted by atomic mass is 10.1. The molecule has 1 amide bonds. The van der Waals surface area contributed by atoms with Gasteiger partial charge in [0.05, 0.1) is 5.69 Å². The van der Waals surface area contributed by atoms with Gasteiger partial charge in [0.2, 0.25) is 6.79 Å². The SMILES string of the molecule is C=CCNC(=O)c1cc(-c2ccc3c(c2)OCO3)n(C)n1. The van der Waals surface area contributed by atoms with Crippen LogP contribution in [0.3, 0.4) is 0 Å². The second kappa shape index (κ2) is 5.32. The number of benzene rings is 1. The van der Waals surface area contributed by atoms with Gasteiger partial charge in [0.1, 0.15) is 0 Å². The molecule has 6 nitrogen and oxygen atoms in total. The van der Waals surface area contributed by atoms with Crippen LogP contribution in [0.1, 0.15) is 10.5 Å². The van der Waals surface area contributed by atoms with Crippen molar-refractivity contribution in [1.29, 1.82) is 0 Å². The standard InChI is InChI=1S/C15H15N3O3/c1-3-6-16-15(19)11-8-12(18(2)17-11)10-4-5-13-14(7-10)21-9-20-13/h3-5,7-8H,1,6,9H2,2H3,(H,16,19). The molecule has 108 valence electrons. The minimum absolute atomic E-state index is 0.225. The number of rotatable bonds is 4. The molecule has 0 unspecified atom stereocenters. The zero-order chi connectivity index (χ0) is 14.8. The number of carbonyl (C=O) groups is 1. The van der Waals surface area contributed by atoms with Crippen LogP contribution in [-0.4, -0.2) is 29.0 Å². The molecule has 2 aromatic rings. The molecule has 0 radical (unpaired) electrons. The molecule has 0 bridgehead atoms. The molecule has 1 aliphatic rings. The molecule has 6 heteroatoms. The highest BCUT2D eigenvalue weighted by molar-refractivity contribution is 5.93. The molecule has 0 spiro atoms. The third-order valence-electron chi connectivity index (χ3n) is 3.19. The minimum Gasteiger partial charge on any atom is -0.454 e. The Morgan fingerprint density at radius 2 is 2.24 bits per heavy atom. The number of hydrogen-bond donors (Lipinski definition) is 1. The molecule has 0 atom stereocenters. The second-order valence-corrected chi connectivity index (χ2v) is 4.61. The molecular formula is C15H15N3O3. The van der Waals surface area contributed by atoms with Crippen molar-refractivity contribution in [2.75, 3.05) is 13.3 Å². The third kappa shape index (κ3) is 2.47. The van der Waals surface area contributed by atoms with Crippen LogP contribution in [0.15, 0.2) is 36.9 Å². The van der Waals surface area contributed by atoms with Crippen LogP contribution in [0.25, 0.3) is 11.3 Å². The molecular weight excluding hydrogens is 270 g/mol. The van der Waals surface area contributed by atoms with Gasteiger partial charge >= 0.3 is 0 Å². The van der Waals surface area contributed by atoms with Crippen molar-refractivity contribution in [2.24, 2.45) is 7.05 Å². The Morgan fingerprint density at radius 3 is 3.05 bits per heavy atom. The normalized spacial score (nSPS) is 12.2. The van der Waals surface area contributed by atoms with Crippen LogP contribution in [0.4, 0.5) is 0 Å². The molecule has 0 fully saturated rings. The molecule has 1 aliphatic heterocycles. The van der Waals surface area contributed by atoms with Crippen molar-refractivity contribution < 1.29 is 14.3 Å². The van der Waals surface area contributed by atoms with E-state index in [1.807, 2.05) is 18.2 Å². The highest BCUT2D eigenvalue weighted by atomic mass is 16.7. The Bertz CT molecular complexity index is 706. The Labute approximate surface area is 122 Å². The van der Waals surface area contributed by atoms with Gasteiger partial charge in [-0.15, -0.1) is 6.58 Å². The van der Waals surface area contributed by atoms with E-state index in [2.05, 4.69) is 17.0 Å². The van der Waals surface area contributed by atoms with Crippen molar-refractivity contribution in [3.63, 3.8) is 0 Å². The highest BCUT2D eigenvalue weighted by Gasteiger charge is 2.17. The van der Waals surface area contributed by atoms with Crippen molar-refractivity contribution >= 4 is 5.91 Å². The predicted molar refractivity (Wildman–Crippen MR) is 77.3 cm³/mol. The first-order valence-electron chi connectivity index (χ1n) is 6.52. The molecule has 0 saturated carbocycles. The quantitative estimate of drug-likeness (QED) is 0.869. The van der Waals surface area contributed by atoms with Gasteiger partial charge in [-0.3, -0.25) is 9.48 Å². The Kier molecular flexibility index (Phi) is 3.35. The lowest BCUT2D eigenvalue weighted by Crippen LogP contribution is -2.23. The highest BCUT2D eigenvalue weighted by Crippen LogP contribution is 2.35. The monoisotopic (exact) mass is 285 g/mol. The summed E-state index contributed by atoms with van der Waals surface area (Å²) < 4.78 is 12.3. The number of fused-ring (bicyclic) bond motifs is 1. The third-order valence-corrected chi connectivity index (χ3v) is 3.19. The Hall–Kier alpha value is -2.76. The van der Waals surface area contributed by atoms with E-state index in [9.17, 15) is 4.79 Å². The molecule has 1 aromatic carbocycles. The summed E-state index contributed by atoms with van der Waals surface area (Å²) in [5, 5.41) is 6.94. The number of ether oxygens (including phenoxy) is 2. The molecule has 2 heterocycles. The summed E-state index contributed by atoms with van der Waals surface area (Å²) in [6, 6.07) is 7.39. The van der Waals surface area contributed by atoms with E-state index >= 15 is 0 Å². The van der Waals surface area contributed by atoms with Crippen molar-refractivity contribution in [2.45, 2.75) is 0 Å². The van der Waals surface area contributed by atoms with E-state index in [1.165, 1.54) is 0 Å². The summed E-state index contributed by atoms with van der Waals surface area (Å²) in [7, 11) is 1.80. The van der Waals surface area contributed by atoms with Crippen molar-refractivity contribution in [3.8, 4) is 22.8 Å². The van der Waals surface area contributed by atoms with Crippen LogP contribution in [-0.2, 0) is 7.05 Å². The van der Waals surface area contributed by atoms with Gasteiger partial charge in [0.15, 0.2) is 17.2 Å². The fourth-order valence-corrected chi connectivity index (χ4v) is 2.16. The van der Waals surface area contributed by atoms with E-state index in [4.69, 9.17) is 9.47 Å². The van der Waals surface area contributed by atoms with Crippen LogP contribution < -0.4 is 14.8 Å². The summed E-state index contributed by atoms with van der Waals surface area (Å²) in [4.78, 5) is 11.9. The number of aryl methyl sites for hydroxylation is 1. The summed E-state index contributed by atoms with van der Waals surface area (Å²) in [6.45, 7) is 4.21. The maximum atomic E-state index is 11.9. The summed E-state index contributed by atoms with van der Waals surface area (Å²) in [5.74, 6) is 1.20. The number of nitrogens with one attached hydrogen (secondary N) is 1. The lowest BCUT2D eigenvalue weighted by molar-refractivity contribution is 0.0952. The van der Waals surface area contributed by atoms with Crippen LogP contribution in [0.2, 0.25) is 0 Å². The average Bonchev–Trinajstić information content (AvgIpc) is 3.10. The predicted octanol–water partition coefficient (Wildman–Crippen LogP) is 1.73. The summed E-state index contributed by atoms with van der Waals surface area (Å²) >= 11 is 0. The molecule has 1 aromatic heterocycles. The summed E-state index contributed by atoms with van der Waals surface area (Å²) in [6.07, 6.45) is 1.62. The zero-order valence-corrected chi connectivity index (χ0v) is 11.6. The van der Waals surface area contributed by atoms with Gasteiger partial charge in [0.25, 0.3) is 5.91 Å². The van der Waals surface area contributed by atoms with Gasteiger partial charge < -0.3 is 14.8 Å². The smallest absolute Gasteiger partial charge is 0.272 e. The van der Waals surface area contributed by atoms with Crippen molar-refractivity contribution in [1.82, 2.24) is 15.1 Å². The largest absolute Gasteiger partial charge is 0.454 e. The van der Waals surface area contributed by atoms with Gasteiger partial charge in [-0.2, -0.15) is 5.10 Å². The van der Waals surface area contributed by atoms with Crippen LogP contribution >= 0.6 is 0 Å². The zero-order valence-electron chi connectivity index (χ0n) is 11.6. The fourth-order valence-electron chi connectivity index (χ4n) is 2.16. The number of nitrogens with zero attached hydrogens (tertiary/aromatic N) is 2. The second-order valence-electron chi connectivity index (χ2n) is 4.61. The molecule has 1 N–H and O–H groups in total. The van der Waals surface area contributed by atoms with E-state index in [1.54, 1.807) is 23.9 Å². The van der Waals surface area contributed by atoms with Gasteiger partial charge in [-0.1, -0.05) is 6.08 Å². The number of carbonyl (C=O) groups excluding carboxylic acids is 1. The van der Waals surface area contributed by atoms with Crippen LogP contribution in [0.5, 0.6) is 11.5 Å². The molecule has 3 rings (SSSR count). The first-order valence-corrected chi connectivity index (χ1v) is 6.52. The number of hydrogen-bond acceptors (Lipinski definition) is 4. The first-order chi connectivity index (χ1) is 10.2. The van der Waals surface area contributed by atoms with Gasteiger partial charge in [-0.05, 0) is 24.3 Å². The topological polar surface area (TPSA) is 65.4 Å². The molecule has 0 aliphatic carbocycles. The average molecular weight is 285 g/mol. The van der Waals surface area contributed by atoms with E-state index in [0.29, 0.717) is 18.0 Å². The van der Waals surface area contributed by atoms with Gasteiger partial charge in [-0.25, -0.2) is 0 Å². The first kappa shape index (κ1) is 13.2. The van der Waals surface area contributed by atoms with E-state index < -0.39 is 0 Å². The Balaban J connectivity index is 1.90. The maximum Gasteiger partial charge on any atom is 0.272 e. The lowest BCUT2D eigenvalue weighted by Gasteiger charge is -2.03. The van der Waals surface area contributed by atoms with Gasteiger partial charge in [0, 0.05) is 19.2 Å². The number of amides is 1. The molecule has 0 saturated heterocycles. The fraction of sp³-hybridized carbons (Fsp3) is 0.200. The van der Waals surface area contributed by atoms with E-state index in [-0.39, 0.29) is 12.7 Å². The minimum atomic E-state index is -0.225. The maximum absolute atomic E-state index is 11.9.